The number of nitrogens with zero attached hydrogens (tertiary/aromatic N) is 2. The second-order valence-electron chi connectivity index (χ2n) is 6.30. The molecule has 2 aromatic carbocycles. The molecular formula is C20H24F2N2O3. The first-order valence-electron chi connectivity index (χ1n) is 8.82. The van der Waals surface area contributed by atoms with Gasteiger partial charge in [0.1, 0.15) is 5.75 Å². The van der Waals surface area contributed by atoms with Gasteiger partial charge in [-0.3, -0.25) is 4.90 Å². The molecule has 1 aliphatic heterocycles. The fourth-order valence-electron chi connectivity index (χ4n) is 3.30. The van der Waals surface area contributed by atoms with Crippen LogP contribution in [-0.4, -0.2) is 51.9 Å². The molecule has 27 heavy (non-hydrogen) atoms. The monoisotopic (exact) mass is 378 g/mol. The van der Waals surface area contributed by atoms with E-state index < -0.39 is 6.61 Å². The molecule has 1 saturated heterocycles. The highest BCUT2D eigenvalue weighted by molar-refractivity contribution is 5.58. The van der Waals surface area contributed by atoms with E-state index in [0.29, 0.717) is 5.75 Å². The van der Waals surface area contributed by atoms with Crippen molar-refractivity contribution in [1.29, 1.82) is 0 Å². The number of para-hydroxylation sites is 2. The maximum absolute atomic E-state index is 12.4. The zero-order valence-corrected chi connectivity index (χ0v) is 15.5. The van der Waals surface area contributed by atoms with Gasteiger partial charge in [0, 0.05) is 32.7 Å². The zero-order valence-electron chi connectivity index (χ0n) is 15.5. The summed E-state index contributed by atoms with van der Waals surface area (Å²) in [4.78, 5) is 4.64. The lowest BCUT2D eigenvalue weighted by Gasteiger charge is -2.36. The number of benzene rings is 2. The van der Waals surface area contributed by atoms with Crippen molar-refractivity contribution in [2.75, 3.05) is 45.3 Å². The van der Waals surface area contributed by atoms with Crippen molar-refractivity contribution >= 4 is 5.69 Å². The summed E-state index contributed by atoms with van der Waals surface area (Å²) in [6, 6.07) is 13.1. The smallest absolute Gasteiger partial charge is 0.387 e. The summed E-state index contributed by atoms with van der Waals surface area (Å²) in [6.45, 7) is 1.44. The van der Waals surface area contributed by atoms with Crippen LogP contribution in [0.1, 0.15) is 5.56 Å². The molecule has 0 aliphatic carbocycles. The maximum atomic E-state index is 12.4. The number of anilines is 1. The van der Waals surface area contributed by atoms with Gasteiger partial charge >= 0.3 is 6.61 Å². The van der Waals surface area contributed by atoms with Crippen LogP contribution < -0.4 is 19.1 Å². The highest BCUT2D eigenvalue weighted by atomic mass is 19.3. The fourth-order valence-corrected chi connectivity index (χ4v) is 3.30. The summed E-state index contributed by atoms with van der Waals surface area (Å²) in [5.74, 6) is 1.25. The van der Waals surface area contributed by atoms with Crippen LogP contribution in [-0.2, 0) is 6.54 Å². The first kappa shape index (κ1) is 19.2. The van der Waals surface area contributed by atoms with Gasteiger partial charge in [-0.05, 0) is 29.8 Å². The first-order chi connectivity index (χ1) is 13.1. The molecule has 0 saturated carbocycles. The highest BCUT2D eigenvalue weighted by Gasteiger charge is 2.20. The van der Waals surface area contributed by atoms with E-state index in [1.807, 2.05) is 18.2 Å². The van der Waals surface area contributed by atoms with Crippen molar-refractivity contribution < 1.29 is 23.0 Å². The fraction of sp³-hybridized carbons (Fsp3) is 0.400. The molecule has 0 unspecified atom stereocenters. The third kappa shape index (κ3) is 4.80. The van der Waals surface area contributed by atoms with E-state index in [-0.39, 0.29) is 5.75 Å². The Morgan fingerprint density at radius 1 is 0.889 bits per heavy atom. The predicted octanol–water partition coefficient (Wildman–Crippen LogP) is 3.63. The molecule has 7 heteroatoms. The predicted molar refractivity (Wildman–Crippen MR) is 100 cm³/mol. The van der Waals surface area contributed by atoms with E-state index in [4.69, 9.17) is 9.47 Å². The van der Waals surface area contributed by atoms with Crippen molar-refractivity contribution in [2.24, 2.45) is 0 Å². The molecule has 146 valence electrons. The highest BCUT2D eigenvalue weighted by Crippen LogP contribution is 2.31. The zero-order chi connectivity index (χ0) is 19.2. The quantitative estimate of drug-likeness (QED) is 0.735. The standard InChI is InChI=1S/C20H24F2N2O3/c1-25-17-6-4-3-5-16(17)24-11-9-23(10-12-24)14-15-7-8-18(27-20(21)22)19(13-15)26-2/h3-8,13,20H,9-12,14H2,1-2H3. The third-order valence-corrected chi connectivity index (χ3v) is 4.65. The van der Waals surface area contributed by atoms with Crippen LogP contribution in [0.25, 0.3) is 0 Å². The summed E-state index contributed by atoms with van der Waals surface area (Å²) in [6.07, 6.45) is 0. The molecule has 0 aromatic heterocycles. The Hall–Kier alpha value is -2.54. The lowest BCUT2D eigenvalue weighted by molar-refractivity contribution is -0.0512. The number of hydrogen-bond acceptors (Lipinski definition) is 5. The number of alkyl halides is 2. The van der Waals surface area contributed by atoms with Crippen molar-refractivity contribution in [3.8, 4) is 17.2 Å². The van der Waals surface area contributed by atoms with E-state index in [9.17, 15) is 8.78 Å². The first-order valence-corrected chi connectivity index (χ1v) is 8.82. The molecule has 0 N–H and O–H groups in total. The van der Waals surface area contributed by atoms with Crippen molar-refractivity contribution in [1.82, 2.24) is 4.90 Å². The molecule has 2 aromatic rings. The van der Waals surface area contributed by atoms with Gasteiger partial charge in [0.25, 0.3) is 0 Å². The largest absolute Gasteiger partial charge is 0.495 e. The Balaban J connectivity index is 1.60. The normalized spacial score (nSPS) is 15.1. The topological polar surface area (TPSA) is 34.2 Å². The lowest BCUT2D eigenvalue weighted by atomic mass is 10.1. The average molecular weight is 378 g/mol. The second kappa shape index (κ2) is 8.90. The van der Waals surface area contributed by atoms with E-state index in [1.165, 1.54) is 13.2 Å². The number of piperazine rings is 1. The number of halogens is 2. The Bertz CT molecular complexity index is 750. The minimum Gasteiger partial charge on any atom is -0.495 e. The van der Waals surface area contributed by atoms with E-state index in [0.717, 1.165) is 49.7 Å². The SMILES string of the molecule is COc1cc(CN2CCN(c3ccccc3OC)CC2)ccc1OC(F)F. The minimum atomic E-state index is -2.87. The van der Waals surface area contributed by atoms with Gasteiger partial charge in [-0.1, -0.05) is 18.2 Å². The van der Waals surface area contributed by atoms with Gasteiger partial charge in [-0.25, -0.2) is 0 Å². The van der Waals surface area contributed by atoms with Crippen LogP contribution in [0.4, 0.5) is 14.5 Å². The molecule has 0 spiro atoms. The Labute approximate surface area is 158 Å². The summed E-state index contributed by atoms with van der Waals surface area (Å²) < 4.78 is 40.0. The average Bonchev–Trinajstić information content (AvgIpc) is 2.69. The van der Waals surface area contributed by atoms with Crippen LogP contribution in [0, 0.1) is 0 Å². The molecule has 1 heterocycles. The maximum Gasteiger partial charge on any atom is 0.387 e. The van der Waals surface area contributed by atoms with Crippen molar-refractivity contribution in [2.45, 2.75) is 13.2 Å². The number of methoxy groups -OCH3 is 2. The second-order valence-corrected chi connectivity index (χ2v) is 6.30. The molecule has 0 radical (unpaired) electrons. The van der Waals surface area contributed by atoms with Crippen LogP contribution >= 0.6 is 0 Å². The van der Waals surface area contributed by atoms with Gasteiger partial charge in [0.15, 0.2) is 11.5 Å². The van der Waals surface area contributed by atoms with Gasteiger partial charge in [-0.2, -0.15) is 8.78 Å². The molecule has 5 nitrogen and oxygen atoms in total. The Kier molecular flexibility index (Phi) is 6.34. The van der Waals surface area contributed by atoms with Gasteiger partial charge in [0.2, 0.25) is 0 Å². The molecule has 0 atom stereocenters. The Morgan fingerprint density at radius 2 is 1.59 bits per heavy atom. The third-order valence-electron chi connectivity index (χ3n) is 4.65. The van der Waals surface area contributed by atoms with Crippen molar-refractivity contribution in [3.63, 3.8) is 0 Å². The summed E-state index contributed by atoms with van der Waals surface area (Å²) in [7, 11) is 3.13. The van der Waals surface area contributed by atoms with Gasteiger partial charge in [-0.15, -0.1) is 0 Å². The Morgan fingerprint density at radius 3 is 2.26 bits per heavy atom. The lowest BCUT2D eigenvalue weighted by Crippen LogP contribution is -2.46. The van der Waals surface area contributed by atoms with Gasteiger partial charge < -0.3 is 19.1 Å². The van der Waals surface area contributed by atoms with E-state index >= 15 is 0 Å². The molecule has 3 rings (SSSR count). The summed E-state index contributed by atoms with van der Waals surface area (Å²) in [5, 5.41) is 0. The molecule has 1 fully saturated rings. The molecular weight excluding hydrogens is 354 g/mol. The molecule has 1 aliphatic rings. The van der Waals surface area contributed by atoms with Crippen LogP contribution in [0.15, 0.2) is 42.5 Å². The van der Waals surface area contributed by atoms with E-state index in [1.54, 1.807) is 19.2 Å². The number of rotatable bonds is 7. The summed E-state index contributed by atoms with van der Waals surface area (Å²) >= 11 is 0. The van der Waals surface area contributed by atoms with Crippen LogP contribution in [0.5, 0.6) is 17.2 Å². The molecule has 0 bridgehead atoms. The number of hydrogen-bond donors (Lipinski definition) is 0. The summed E-state index contributed by atoms with van der Waals surface area (Å²) in [5.41, 5.74) is 2.11. The van der Waals surface area contributed by atoms with Crippen LogP contribution in [0.2, 0.25) is 0 Å². The number of ether oxygens (including phenoxy) is 3. The van der Waals surface area contributed by atoms with Gasteiger partial charge in [0.05, 0.1) is 19.9 Å². The molecule has 0 amide bonds. The minimum absolute atomic E-state index is 0.0530. The van der Waals surface area contributed by atoms with Crippen LogP contribution in [0.3, 0.4) is 0 Å². The van der Waals surface area contributed by atoms with Crippen molar-refractivity contribution in [3.05, 3.63) is 48.0 Å². The van der Waals surface area contributed by atoms with E-state index in [2.05, 4.69) is 20.6 Å².